The van der Waals surface area contributed by atoms with Crippen molar-refractivity contribution in [3.8, 4) is 0 Å². The van der Waals surface area contributed by atoms with Crippen molar-refractivity contribution in [2.45, 2.75) is 0 Å². The van der Waals surface area contributed by atoms with Crippen molar-refractivity contribution in [2.75, 3.05) is 14.2 Å². The van der Waals surface area contributed by atoms with Crippen molar-refractivity contribution >= 4 is 24.1 Å². The van der Waals surface area contributed by atoms with Gasteiger partial charge in [-0.25, -0.2) is 9.59 Å². The van der Waals surface area contributed by atoms with Gasteiger partial charge in [0.2, 0.25) is 0 Å². The fraction of sp³-hybridized carbons (Fsp3) is 0.111. The lowest BCUT2D eigenvalue weighted by Crippen LogP contribution is -2.01. The summed E-state index contributed by atoms with van der Waals surface area (Å²) in [5.74, 6) is -0.745. The first kappa shape index (κ1) is 15.5. The van der Waals surface area contributed by atoms with Crippen molar-refractivity contribution in [3.63, 3.8) is 0 Å². The molecule has 22 heavy (non-hydrogen) atoms. The number of benzene rings is 2. The van der Waals surface area contributed by atoms with Gasteiger partial charge in [-0.15, -0.1) is 0 Å². The number of methoxy groups -OCH3 is 2. The molecule has 4 nitrogen and oxygen atoms in total. The molecule has 0 spiro atoms. The molecule has 4 heteroatoms. The lowest BCUT2D eigenvalue weighted by molar-refractivity contribution is 0.0592. The molecule has 0 amide bonds. The van der Waals surface area contributed by atoms with Gasteiger partial charge in [0.25, 0.3) is 0 Å². The van der Waals surface area contributed by atoms with E-state index in [1.165, 1.54) is 14.2 Å². The van der Waals surface area contributed by atoms with E-state index in [2.05, 4.69) is 0 Å². The van der Waals surface area contributed by atoms with Crippen molar-refractivity contribution in [1.82, 2.24) is 0 Å². The Bertz CT molecular complexity index is 655. The molecule has 0 radical (unpaired) electrons. The fourth-order valence-corrected chi connectivity index (χ4v) is 1.97. The zero-order valence-corrected chi connectivity index (χ0v) is 12.4. The first-order valence-corrected chi connectivity index (χ1v) is 6.69. The minimum atomic E-state index is -0.372. The van der Waals surface area contributed by atoms with E-state index in [0.29, 0.717) is 11.1 Å². The first-order chi connectivity index (χ1) is 10.6. The number of rotatable bonds is 4. The van der Waals surface area contributed by atoms with Crippen LogP contribution in [0, 0.1) is 0 Å². The van der Waals surface area contributed by atoms with Crippen LogP contribution in [0.5, 0.6) is 0 Å². The monoisotopic (exact) mass is 296 g/mol. The summed E-state index contributed by atoms with van der Waals surface area (Å²) in [6, 6.07) is 14.2. The van der Waals surface area contributed by atoms with Gasteiger partial charge in [-0.2, -0.15) is 0 Å². The Hall–Kier alpha value is -2.88. The third-order valence-electron chi connectivity index (χ3n) is 3.08. The summed E-state index contributed by atoms with van der Waals surface area (Å²) in [7, 11) is 2.70. The molecule has 0 saturated heterocycles. The predicted molar refractivity (Wildman–Crippen MR) is 84.5 cm³/mol. The maximum atomic E-state index is 11.5. The number of esters is 2. The van der Waals surface area contributed by atoms with Crippen LogP contribution in [0.2, 0.25) is 0 Å². The minimum Gasteiger partial charge on any atom is -0.465 e. The largest absolute Gasteiger partial charge is 0.465 e. The highest BCUT2D eigenvalue weighted by atomic mass is 16.5. The van der Waals surface area contributed by atoms with Crippen LogP contribution in [-0.4, -0.2) is 26.2 Å². The van der Waals surface area contributed by atoms with Crippen LogP contribution >= 0.6 is 0 Å². The van der Waals surface area contributed by atoms with Gasteiger partial charge < -0.3 is 9.47 Å². The number of hydrogen-bond acceptors (Lipinski definition) is 4. The molecule has 0 unspecified atom stereocenters. The smallest absolute Gasteiger partial charge is 0.337 e. The average molecular weight is 296 g/mol. The summed E-state index contributed by atoms with van der Waals surface area (Å²) in [6.07, 6.45) is 3.73. The van der Waals surface area contributed by atoms with E-state index < -0.39 is 0 Å². The molecule has 0 saturated carbocycles. The SMILES string of the molecule is COC(=O)c1cccc(/C=C\c2cccc(C(=O)OC)c2)c1. The van der Waals surface area contributed by atoms with Gasteiger partial charge in [-0.05, 0) is 35.4 Å². The summed E-state index contributed by atoms with van der Waals surface area (Å²) in [5.41, 5.74) is 2.72. The zero-order chi connectivity index (χ0) is 15.9. The Morgan fingerprint density at radius 1 is 0.773 bits per heavy atom. The fourth-order valence-electron chi connectivity index (χ4n) is 1.97. The molecule has 112 valence electrons. The second kappa shape index (κ2) is 7.22. The summed E-state index contributed by atoms with van der Waals surface area (Å²) in [6.45, 7) is 0. The third-order valence-corrected chi connectivity index (χ3v) is 3.08. The molecule has 0 bridgehead atoms. The van der Waals surface area contributed by atoms with Gasteiger partial charge in [0.1, 0.15) is 0 Å². The number of carbonyl (C=O) groups is 2. The van der Waals surface area contributed by atoms with Gasteiger partial charge in [0.05, 0.1) is 25.3 Å². The molecule has 2 aromatic rings. The van der Waals surface area contributed by atoms with Crippen LogP contribution in [-0.2, 0) is 9.47 Å². The molecule has 0 fully saturated rings. The van der Waals surface area contributed by atoms with E-state index in [-0.39, 0.29) is 11.9 Å². The molecule has 0 heterocycles. The molecule has 0 aliphatic heterocycles. The van der Waals surface area contributed by atoms with E-state index in [9.17, 15) is 9.59 Å². The van der Waals surface area contributed by atoms with Gasteiger partial charge in [0, 0.05) is 0 Å². The minimum absolute atomic E-state index is 0.372. The van der Waals surface area contributed by atoms with E-state index in [0.717, 1.165) is 11.1 Å². The average Bonchev–Trinajstić information content (AvgIpc) is 2.59. The Morgan fingerprint density at radius 3 is 1.55 bits per heavy atom. The Balaban J connectivity index is 2.22. The molecule has 2 rings (SSSR count). The van der Waals surface area contributed by atoms with Gasteiger partial charge >= 0.3 is 11.9 Å². The van der Waals surface area contributed by atoms with Crippen LogP contribution < -0.4 is 0 Å². The van der Waals surface area contributed by atoms with Crippen LogP contribution in [0.1, 0.15) is 31.8 Å². The van der Waals surface area contributed by atoms with Crippen LogP contribution in [0.4, 0.5) is 0 Å². The van der Waals surface area contributed by atoms with E-state index in [1.54, 1.807) is 36.4 Å². The highest BCUT2D eigenvalue weighted by molar-refractivity contribution is 5.91. The second-order valence-corrected chi connectivity index (χ2v) is 4.57. The molecule has 2 aromatic carbocycles. The van der Waals surface area contributed by atoms with Crippen molar-refractivity contribution in [1.29, 1.82) is 0 Å². The summed E-state index contributed by atoms with van der Waals surface area (Å²) in [4.78, 5) is 23.0. The van der Waals surface area contributed by atoms with Crippen molar-refractivity contribution < 1.29 is 19.1 Å². The molecular weight excluding hydrogens is 280 g/mol. The third kappa shape index (κ3) is 3.82. The summed E-state index contributed by atoms with van der Waals surface area (Å²) < 4.78 is 9.39. The van der Waals surface area contributed by atoms with Crippen molar-refractivity contribution in [2.24, 2.45) is 0 Å². The lowest BCUT2D eigenvalue weighted by Gasteiger charge is -2.01. The first-order valence-electron chi connectivity index (χ1n) is 6.69. The normalized spacial score (nSPS) is 10.5. The number of carbonyl (C=O) groups excluding carboxylic acids is 2. The number of hydrogen-bond donors (Lipinski definition) is 0. The Kier molecular flexibility index (Phi) is 5.09. The maximum absolute atomic E-state index is 11.5. The molecule has 0 atom stereocenters. The highest BCUT2D eigenvalue weighted by Gasteiger charge is 2.05. The molecule has 0 N–H and O–H groups in total. The topological polar surface area (TPSA) is 52.6 Å². The summed E-state index contributed by atoms with van der Waals surface area (Å²) >= 11 is 0. The molecule has 0 aromatic heterocycles. The van der Waals surface area contributed by atoms with Gasteiger partial charge in [-0.3, -0.25) is 0 Å². The van der Waals surface area contributed by atoms with E-state index >= 15 is 0 Å². The maximum Gasteiger partial charge on any atom is 0.337 e. The zero-order valence-electron chi connectivity index (χ0n) is 12.4. The van der Waals surface area contributed by atoms with Gasteiger partial charge in [-0.1, -0.05) is 36.4 Å². The number of ether oxygens (including phenoxy) is 2. The predicted octanol–water partition coefficient (Wildman–Crippen LogP) is 3.43. The van der Waals surface area contributed by atoms with Crippen molar-refractivity contribution in [3.05, 3.63) is 70.8 Å². The van der Waals surface area contributed by atoms with Crippen LogP contribution in [0.3, 0.4) is 0 Å². The quantitative estimate of drug-likeness (QED) is 0.640. The second-order valence-electron chi connectivity index (χ2n) is 4.57. The lowest BCUT2D eigenvalue weighted by atomic mass is 10.1. The molecule has 0 aliphatic rings. The van der Waals surface area contributed by atoms with E-state index in [4.69, 9.17) is 9.47 Å². The van der Waals surface area contributed by atoms with Crippen LogP contribution in [0.15, 0.2) is 48.5 Å². The summed E-state index contributed by atoms with van der Waals surface area (Å²) in [5, 5.41) is 0. The molecule has 0 aliphatic carbocycles. The van der Waals surface area contributed by atoms with Crippen LogP contribution in [0.25, 0.3) is 12.2 Å². The Labute approximate surface area is 129 Å². The highest BCUT2D eigenvalue weighted by Crippen LogP contribution is 2.13. The molecular formula is C18H16O4. The van der Waals surface area contributed by atoms with E-state index in [1.807, 2.05) is 24.3 Å². The van der Waals surface area contributed by atoms with Gasteiger partial charge in [0.15, 0.2) is 0 Å². The Morgan fingerprint density at radius 2 is 1.18 bits per heavy atom. The standard InChI is InChI=1S/C18H16O4/c1-21-17(19)15-7-3-5-13(11-15)9-10-14-6-4-8-16(12-14)18(20)22-2/h3-12H,1-2H3/b10-9-.